The van der Waals surface area contributed by atoms with Gasteiger partial charge in [0.15, 0.2) is 0 Å². The summed E-state index contributed by atoms with van der Waals surface area (Å²) in [4.78, 5) is 51.3. The third-order valence-corrected chi connectivity index (χ3v) is 4.08. The molecule has 3 amide bonds. The smallest absolute Gasteiger partial charge is 0.234 e. The molecule has 0 spiro atoms. The number of carbonyl (C=O) groups excluding carboxylic acids is 3. The summed E-state index contributed by atoms with van der Waals surface area (Å²) in [6.07, 6.45) is 10.7. The van der Waals surface area contributed by atoms with Crippen molar-refractivity contribution in [3.63, 3.8) is 0 Å². The van der Waals surface area contributed by atoms with Crippen LogP contribution in [0.3, 0.4) is 0 Å². The molecular formula is C18H31ClN12O3. The van der Waals surface area contributed by atoms with Crippen molar-refractivity contribution < 1.29 is 14.4 Å². The minimum Gasteiger partial charge on any atom is -0.368 e. The molecule has 3 rings (SSSR count). The van der Waals surface area contributed by atoms with Crippen LogP contribution in [-0.2, 0) is 33.6 Å². The standard InChI is InChI=1S/3C6H10N4O.ClH/c3*7-5(6(8)11)1-4-2-9-3-10-4;/h3*2-3,5H,1,7H2,(H2,8,11)(H,9,10);1H. The fourth-order valence-electron chi connectivity index (χ4n) is 2.20. The van der Waals surface area contributed by atoms with Crippen molar-refractivity contribution in [1.82, 2.24) is 29.9 Å². The van der Waals surface area contributed by atoms with E-state index in [1.165, 1.54) is 19.0 Å². The fourth-order valence-corrected chi connectivity index (χ4v) is 2.20. The summed E-state index contributed by atoms with van der Waals surface area (Å²) >= 11 is 0. The number of amides is 3. The number of aromatic nitrogens is 6. The van der Waals surface area contributed by atoms with Crippen LogP contribution in [-0.4, -0.2) is 65.8 Å². The van der Waals surface area contributed by atoms with Crippen LogP contribution in [0, 0.1) is 0 Å². The molecule has 0 aliphatic rings. The molecule has 15 N–H and O–H groups in total. The third kappa shape index (κ3) is 12.3. The molecule has 0 aliphatic heterocycles. The number of imidazole rings is 3. The maximum absolute atomic E-state index is 10.5. The molecule has 0 radical (unpaired) electrons. The highest BCUT2D eigenvalue weighted by molar-refractivity contribution is 5.85. The summed E-state index contributed by atoms with van der Waals surface area (Å²) in [5.41, 5.74) is 33.5. The van der Waals surface area contributed by atoms with E-state index in [4.69, 9.17) is 34.4 Å². The number of primary amides is 3. The first-order valence-electron chi connectivity index (χ1n) is 9.66. The molecule has 0 aromatic carbocycles. The molecule has 3 aromatic heterocycles. The molecular weight excluding hydrogens is 468 g/mol. The second kappa shape index (κ2) is 15.9. The van der Waals surface area contributed by atoms with E-state index in [9.17, 15) is 14.4 Å². The maximum Gasteiger partial charge on any atom is 0.234 e. The zero-order chi connectivity index (χ0) is 24.8. The minimum atomic E-state index is -0.629. The lowest BCUT2D eigenvalue weighted by atomic mass is 10.2. The van der Waals surface area contributed by atoms with E-state index in [1.807, 2.05) is 0 Å². The van der Waals surface area contributed by atoms with Crippen molar-refractivity contribution in [2.75, 3.05) is 0 Å². The normalized spacial score (nSPS) is 12.4. The summed E-state index contributed by atoms with van der Waals surface area (Å²) in [6.45, 7) is 0. The van der Waals surface area contributed by atoms with Gasteiger partial charge in [0.1, 0.15) is 0 Å². The average molecular weight is 499 g/mol. The van der Waals surface area contributed by atoms with E-state index in [1.54, 1.807) is 18.6 Å². The molecule has 3 heterocycles. The molecule has 16 heteroatoms. The van der Waals surface area contributed by atoms with Gasteiger partial charge in [-0.15, -0.1) is 12.4 Å². The first-order valence-corrected chi connectivity index (χ1v) is 9.66. The van der Waals surface area contributed by atoms with Gasteiger partial charge in [0.05, 0.1) is 37.1 Å². The number of nitrogens with zero attached hydrogens (tertiary/aromatic N) is 3. The third-order valence-electron chi connectivity index (χ3n) is 4.08. The predicted octanol–water partition coefficient (Wildman–Crippen LogP) is -3.28. The number of H-pyrrole nitrogens is 3. The van der Waals surface area contributed by atoms with Crippen LogP contribution in [0.1, 0.15) is 17.1 Å². The van der Waals surface area contributed by atoms with E-state index < -0.39 is 35.8 Å². The Morgan fingerprint density at radius 2 is 0.853 bits per heavy atom. The second-order valence-electron chi connectivity index (χ2n) is 6.87. The quantitative estimate of drug-likeness (QED) is 0.142. The van der Waals surface area contributed by atoms with Gasteiger partial charge in [-0.1, -0.05) is 0 Å². The van der Waals surface area contributed by atoms with Crippen LogP contribution in [0.2, 0.25) is 0 Å². The lowest BCUT2D eigenvalue weighted by Crippen LogP contribution is -2.38. The van der Waals surface area contributed by atoms with Crippen molar-refractivity contribution in [3.8, 4) is 0 Å². The van der Waals surface area contributed by atoms with Crippen LogP contribution in [0.4, 0.5) is 0 Å². The number of halogens is 1. The van der Waals surface area contributed by atoms with Crippen molar-refractivity contribution in [1.29, 1.82) is 0 Å². The van der Waals surface area contributed by atoms with Crippen molar-refractivity contribution in [3.05, 3.63) is 54.7 Å². The van der Waals surface area contributed by atoms with Gasteiger partial charge in [-0.2, -0.15) is 0 Å². The predicted molar refractivity (Wildman–Crippen MR) is 126 cm³/mol. The molecule has 3 aromatic rings. The van der Waals surface area contributed by atoms with Gasteiger partial charge in [0.25, 0.3) is 0 Å². The number of nitrogens with one attached hydrogen (secondary N) is 3. The van der Waals surface area contributed by atoms with E-state index in [2.05, 4.69) is 29.9 Å². The van der Waals surface area contributed by atoms with Crippen molar-refractivity contribution >= 4 is 30.1 Å². The number of carbonyl (C=O) groups is 3. The topological polar surface area (TPSA) is 293 Å². The zero-order valence-electron chi connectivity index (χ0n) is 18.3. The van der Waals surface area contributed by atoms with Crippen LogP contribution >= 0.6 is 12.4 Å². The zero-order valence-corrected chi connectivity index (χ0v) is 19.1. The van der Waals surface area contributed by atoms with Gasteiger partial charge in [-0.25, -0.2) is 15.0 Å². The number of hydrogen-bond donors (Lipinski definition) is 9. The Morgan fingerprint density at radius 3 is 1.00 bits per heavy atom. The van der Waals surface area contributed by atoms with Crippen molar-refractivity contribution in [2.45, 2.75) is 37.4 Å². The van der Waals surface area contributed by atoms with Gasteiger partial charge in [0.2, 0.25) is 17.7 Å². The van der Waals surface area contributed by atoms with Gasteiger partial charge in [-0.05, 0) is 0 Å². The monoisotopic (exact) mass is 498 g/mol. The molecule has 34 heavy (non-hydrogen) atoms. The van der Waals surface area contributed by atoms with E-state index in [0.717, 1.165) is 17.1 Å². The Morgan fingerprint density at radius 1 is 0.618 bits per heavy atom. The second-order valence-corrected chi connectivity index (χ2v) is 6.87. The summed E-state index contributed by atoms with van der Waals surface area (Å²) in [5, 5.41) is 0. The Kier molecular flexibility index (Phi) is 14.1. The Bertz CT molecular complexity index is 823. The fraction of sp³-hybridized carbons (Fsp3) is 0.333. The highest BCUT2D eigenvalue weighted by Crippen LogP contribution is 1.96. The van der Waals surface area contributed by atoms with E-state index in [0.29, 0.717) is 19.3 Å². The molecule has 0 saturated carbocycles. The van der Waals surface area contributed by atoms with E-state index in [-0.39, 0.29) is 12.4 Å². The van der Waals surface area contributed by atoms with Gasteiger partial charge < -0.3 is 49.4 Å². The molecule has 0 aliphatic carbocycles. The SMILES string of the molecule is Cl.NC(=O)C(N)Cc1cnc[nH]1.NC(=O)C(N)Cc1cnc[nH]1.NC(=O)C(N)Cc1cnc[nH]1. The summed E-state index contributed by atoms with van der Waals surface area (Å²) < 4.78 is 0. The Labute approximate surface area is 201 Å². The maximum atomic E-state index is 10.5. The number of hydrogen-bond acceptors (Lipinski definition) is 9. The number of rotatable bonds is 9. The van der Waals surface area contributed by atoms with Gasteiger partial charge in [0, 0.05) is 54.9 Å². The highest BCUT2D eigenvalue weighted by Gasteiger charge is 2.11. The van der Waals surface area contributed by atoms with E-state index >= 15 is 0 Å². The first kappa shape index (κ1) is 30.2. The largest absolute Gasteiger partial charge is 0.368 e. The molecule has 3 unspecified atom stereocenters. The van der Waals surface area contributed by atoms with Gasteiger partial charge in [-0.3, -0.25) is 14.4 Å². The van der Waals surface area contributed by atoms with Crippen LogP contribution in [0.15, 0.2) is 37.6 Å². The lowest BCUT2D eigenvalue weighted by molar-refractivity contribution is -0.120. The average Bonchev–Trinajstić information content (AvgIpc) is 3.53. The lowest BCUT2D eigenvalue weighted by Gasteiger charge is -2.03. The first-order chi connectivity index (χ1) is 15.6. The highest BCUT2D eigenvalue weighted by atomic mass is 35.5. The minimum absolute atomic E-state index is 0. The Hall–Kier alpha value is -3.79. The molecule has 0 saturated heterocycles. The van der Waals surface area contributed by atoms with Crippen LogP contribution < -0.4 is 34.4 Å². The summed E-state index contributed by atoms with van der Waals surface area (Å²) in [5.74, 6) is -1.50. The molecule has 3 atom stereocenters. The molecule has 0 bridgehead atoms. The number of nitrogens with two attached hydrogens (primary N) is 6. The number of aromatic amines is 3. The molecule has 15 nitrogen and oxygen atoms in total. The molecule has 188 valence electrons. The Balaban J connectivity index is 0.000000473. The van der Waals surface area contributed by atoms with Crippen molar-refractivity contribution in [2.24, 2.45) is 34.4 Å². The summed E-state index contributed by atoms with van der Waals surface area (Å²) in [6, 6.07) is -1.89. The van der Waals surface area contributed by atoms with Gasteiger partial charge >= 0.3 is 0 Å². The summed E-state index contributed by atoms with van der Waals surface area (Å²) in [7, 11) is 0. The van der Waals surface area contributed by atoms with Crippen LogP contribution in [0.25, 0.3) is 0 Å². The van der Waals surface area contributed by atoms with Crippen LogP contribution in [0.5, 0.6) is 0 Å². The molecule has 0 fully saturated rings.